The van der Waals surface area contributed by atoms with E-state index in [-0.39, 0.29) is 0 Å². The first-order valence-electron chi connectivity index (χ1n) is 10.8. The van der Waals surface area contributed by atoms with Crippen LogP contribution in [0.4, 0.5) is 0 Å². The van der Waals surface area contributed by atoms with E-state index in [1.807, 2.05) is 12.4 Å². The molecule has 0 radical (unpaired) electrons. The van der Waals surface area contributed by atoms with Gasteiger partial charge in [0, 0.05) is 29.6 Å². The quantitative estimate of drug-likeness (QED) is 0.229. The molecule has 29 heavy (non-hydrogen) atoms. The molecular weight excluding hydrogens is 420 g/mol. The van der Waals surface area contributed by atoms with Gasteiger partial charge in [-0.25, -0.2) is 9.97 Å². The second kappa shape index (κ2) is 11.9. The lowest BCUT2D eigenvalue weighted by Gasteiger charge is -2.20. The Kier molecular flexibility index (Phi) is 8.88. The van der Waals surface area contributed by atoms with Gasteiger partial charge in [-0.15, -0.1) is 0 Å². The second-order valence-electron chi connectivity index (χ2n) is 7.72. The third-order valence-electron chi connectivity index (χ3n) is 5.39. The lowest BCUT2D eigenvalue weighted by atomic mass is 9.87. The highest BCUT2D eigenvalue weighted by molar-refractivity contribution is 9.09. The molecule has 0 N–H and O–H groups in total. The van der Waals surface area contributed by atoms with Crippen LogP contribution in [0.3, 0.4) is 0 Å². The van der Waals surface area contributed by atoms with E-state index in [9.17, 15) is 0 Å². The number of unbranched alkanes of at least 4 members (excludes halogenated alkanes) is 2. The number of hydrogen-bond acceptors (Lipinski definition) is 2. The molecule has 0 aliphatic carbocycles. The molecule has 1 atom stereocenters. The van der Waals surface area contributed by atoms with E-state index in [1.54, 1.807) is 0 Å². The Bertz CT molecular complexity index is 779. The maximum atomic E-state index is 4.56. The first kappa shape index (κ1) is 21.7. The van der Waals surface area contributed by atoms with Crippen LogP contribution < -0.4 is 0 Å². The largest absolute Gasteiger partial charge is 0.241 e. The van der Waals surface area contributed by atoms with Gasteiger partial charge in [0.25, 0.3) is 0 Å². The predicted molar refractivity (Wildman–Crippen MR) is 126 cm³/mol. The standard InChI is InChI=1S/C26H31BrN2/c1-2-3-6-15-26-28-19-21(20-29-26)18-24(27)16-17-25(22-11-7-4-8-12-22)23-13-9-5-10-14-23/h4-5,7-14,19-20,24-25H,2-3,6,15-18H2,1H3. The lowest BCUT2D eigenvalue weighted by Crippen LogP contribution is -2.09. The molecule has 2 nitrogen and oxygen atoms in total. The topological polar surface area (TPSA) is 25.8 Å². The molecule has 1 heterocycles. The number of benzene rings is 2. The second-order valence-corrected chi connectivity index (χ2v) is 9.01. The molecule has 0 saturated carbocycles. The number of halogens is 1. The average Bonchev–Trinajstić information content (AvgIpc) is 2.77. The number of aryl methyl sites for hydroxylation is 1. The smallest absolute Gasteiger partial charge is 0.128 e. The fourth-order valence-corrected chi connectivity index (χ4v) is 4.39. The van der Waals surface area contributed by atoms with Crippen LogP contribution in [0.1, 0.15) is 67.5 Å². The van der Waals surface area contributed by atoms with E-state index >= 15 is 0 Å². The molecule has 0 amide bonds. The normalized spacial score (nSPS) is 12.2. The van der Waals surface area contributed by atoms with Crippen molar-refractivity contribution in [3.05, 3.63) is 95.6 Å². The monoisotopic (exact) mass is 450 g/mol. The fraction of sp³-hybridized carbons (Fsp3) is 0.385. The van der Waals surface area contributed by atoms with Gasteiger partial charge < -0.3 is 0 Å². The van der Waals surface area contributed by atoms with Crippen LogP contribution in [0, 0.1) is 0 Å². The molecule has 1 unspecified atom stereocenters. The van der Waals surface area contributed by atoms with Gasteiger partial charge in [0.1, 0.15) is 5.82 Å². The highest BCUT2D eigenvalue weighted by atomic mass is 79.9. The van der Waals surface area contributed by atoms with Gasteiger partial charge in [-0.2, -0.15) is 0 Å². The molecule has 152 valence electrons. The maximum Gasteiger partial charge on any atom is 0.128 e. The molecule has 3 rings (SSSR count). The molecule has 0 saturated heterocycles. The molecule has 3 aromatic rings. The molecule has 0 bridgehead atoms. The summed E-state index contributed by atoms with van der Waals surface area (Å²) in [5.41, 5.74) is 3.98. The first-order valence-corrected chi connectivity index (χ1v) is 11.7. The number of nitrogens with zero attached hydrogens (tertiary/aromatic N) is 2. The molecule has 3 heteroatoms. The van der Waals surface area contributed by atoms with Gasteiger partial charge in [-0.05, 0) is 42.4 Å². The van der Waals surface area contributed by atoms with E-state index in [4.69, 9.17) is 0 Å². The minimum absolute atomic E-state index is 0.423. The Labute approximate surface area is 184 Å². The van der Waals surface area contributed by atoms with Crippen molar-refractivity contribution in [1.29, 1.82) is 0 Å². The fourth-order valence-electron chi connectivity index (χ4n) is 3.75. The molecule has 0 spiro atoms. The number of rotatable bonds is 11. The summed E-state index contributed by atoms with van der Waals surface area (Å²) in [6.07, 6.45) is 11.8. The van der Waals surface area contributed by atoms with E-state index in [2.05, 4.69) is 93.5 Å². The van der Waals surface area contributed by atoms with Crippen LogP contribution in [0.25, 0.3) is 0 Å². The minimum atomic E-state index is 0.423. The Morgan fingerprint density at radius 2 is 1.38 bits per heavy atom. The van der Waals surface area contributed by atoms with Crippen molar-refractivity contribution in [2.75, 3.05) is 0 Å². The van der Waals surface area contributed by atoms with Crippen molar-refractivity contribution >= 4 is 15.9 Å². The molecular formula is C26H31BrN2. The van der Waals surface area contributed by atoms with Crippen LogP contribution in [-0.4, -0.2) is 14.8 Å². The van der Waals surface area contributed by atoms with Crippen molar-refractivity contribution in [1.82, 2.24) is 9.97 Å². The van der Waals surface area contributed by atoms with Gasteiger partial charge in [0.2, 0.25) is 0 Å². The zero-order chi connectivity index (χ0) is 20.3. The summed E-state index contributed by atoms with van der Waals surface area (Å²) in [5, 5.41) is 0. The maximum absolute atomic E-state index is 4.56. The van der Waals surface area contributed by atoms with Crippen LogP contribution in [0.2, 0.25) is 0 Å². The molecule has 0 fully saturated rings. The van der Waals surface area contributed by atoms with Gasteiger partial charge >= 0.3 is 0 Å². The predicted octanol–water partition coefficient (Wildman–Crippen LogP) is 7.13. The van der Waals surface area contributed by atoms with Crippen molar-refractivity contribution < 1.29 is 0 Å². The Hall–Kier alpha value is -2.00. The molecule has 0 aliphatic rings. The Morgan fingerprint density at radius 3 is 1.93 bits per heavy atom. The summed E-state index contributed by atoms with van der Waals surface area (Å²) in [5.74, 6) is 1.40. The SMILES string of the molecule is CCCCCc1ncc(CC(Br)CCC(c2ccccc2)c2ccccc2)cn1. The van der Waals surface area contributed by atoms with Gasteiger partial charge in [-0.1, -0.05) is 96.4 Å². The van der Waals surface area contributed by atoms with Crippen LogP contribution in [-0.2, 0) is 12.8 Å². The summed E-state index contributed by atoms with van der Waals surface area (Å²) in [6.45, 7) is 2.22. The third-order valence-corrected chi connectivity index (χ3v) is 6.17. The molecule has 1 aromatic heterocycles. The number of alkyl halides is 1. The average molecular weight is 451 g/mol. The van der Waals surface area contributed by atoms with Crippen LogP contribution in [0.15, 0.2) is 73.1 Å². The summed E-state index contributed by atoms with van der Waals surface area (Å²) >= 11 is 3.90. The van der Waals surface area contributed by atoms with E-state index in [0.717, 1.165) is 31.5 Å². The van der Waals surface area contributed by atoms with Crippen LogP contribution >= 0.6 is 15.9 Å². The highest BCUT2D eigenvalue weighted by Crippen LogP contribution is 2.31. The van der Waals surface area contributed by atoms with Crippen molar-refractivity contribution in [3.8, 4) is 0 Å². The zero-order valence-corrected chi connectivity index (χ0v) is 18.9. The number of aromatic nitrogens is 2. The van der Waals surface area contributed by atoms with Gasteiger partial charge in [0.15, 0.2) is 0 Å². The van der Waals surface area contributed by atoms with Crippen molar-refractivity contribution in [3.63, 3.8) is 0 Å². The minimum Gasteiger partial charge on any atom is -0.241 e. The Morgan fingerprint density at radius 1 is 0.793 bits per heavy atom. The number of hydrogen-bond donors (Lipinski definition) is 0. The van der Waals surface area contributed by atoms with Crippen LogP contribution in [0.5, 0.6) is 0 Å². The molecule has 2 aromatic carbocycles. The highest BCUT2D eigenvalue weighted by Gasteiger charge is 2.16. The van der Waals surface area contributed by atoms with Crippen molar-refractivity contribution in [2.45, 2.75) is 62.6 Å². The van der Waals surface area contributed by atoms with E-state index in [1.165, 1.54) is 36.0 Å². The summed E-state index contributed by atoms with van der Waals surface area (Å²) in [4.78, 5) is 9.55. The Balaban J connectivity index is 1.57. The summed E-state index contributed by atoms with van der Waals surface area (Å²) < 4.78 is 0. The summed E-state index contributed by atoms with van der Waals surface area (Å²) in [6, 6.07) is 21.7. The third kappa shape index (κ3) is 7.08. The lowest BCUT2D eigenvalue weighted by molar-refractivity contribution is 0.639. The summed E-state index contributed by atoms with van der Waals surface area (Å²) in [7, 11) is 0. The van der Waals surface area contributed by atoms with E-state index in [0.29, 0.717) is 10.7 Å². The zero-order valence-electron chi connectivity index (χ0n) is 17.3. The van der Waals surface area contributed by atoms with Crippen molar-refractivity contribution in [2.24, 2.45) is 0 Å². The van der Waals surface area contributed by atoms with Gasteiger partial charge in [0.05, 0.1) is 0 Å². The molecule has 0 aliphatic heterocycles. The van der Waals surface area contributed by atoms with E-state index < -0.39 is 0 Å². The van der Waals surface area contributed by atoms with Gasteiger partial charge in [-0.3, -0.25) is 0 Å². The first-order chi connectivity index (χ1) is 14.3.